The minimum atomic E-state index is -5.00. The summed E-state index contributed by atoms with van der Waals surface area (Å²) in [6.07, 6.45) is -5.00. The Kier molecular flexibility index (Phi) is 7.83. The van der Waals surface area contributed by atoms with Crippen molar-refractivity contribution in [1.29, 1.82) is 0 Å². The third-order valence-electron chi connectivity index (χ3n) is 4.95. The number of thiazole rings is 1. The molecular formula is C22H19ClF4N4O5S. The first-order valence-electron chi connectivity index (χ1n) is 10.4. The molecular weight excluding hydrogens is 544 g/mol. The third kappa shape index (κ3) is 5.54. The molecule has 0 aliphatic rings. The normalized spacial score (nSPS) is 12.2. The Morgan fingerprint density at radius 2 is 1.92 bits per heavy atom. The first-order valence-corrected chi connectivity index (χ1v) is 11.5. The number of rotatable bonds is 6. The summed E-state index contributed by atoms with van der Waals surface area (Å²) in [7, 11) is 0.784. The van der Waals surface area contributed by atoms with Gasteiger partial charge in [0.15, 0.2) is 4.80 Å². The van der Waals surface area contributed by atoms with Crippen LogP contribution in [0.1, 0.15) is 24.4 Å². The van der Waals surface area contributed by atoms with Crippen molar-refractivity contribution < 1.29 is 32.2 Å². The number of esters is 1. The van der Waals surface area contributed by atoms with Gasteiger partial charge in [0.1, 0.15) is 18.1 Å². The van der Waals surface area contributed by atoms with Gasteiger partial charge in [-0.15, -0.1) is 0 Å². The first kappa shape index (κ1) is 27.9. The second kappa shape index (κ2) is 10.4. The fourth-order valence-corrected chi connectivity index (χ4v) is 4.41. The predicted molar refractivity (Wildman–Crippen MR) is 128 cm³/mol. The van der Waals surface area contributed by atoms with Crippen LogP contribution >= 0.6 is 22.9 Å². The molecule has 0 fully saturated rings. The molecule has 0 spiro atoms. The van der Waals surface area contributed by atoms with E-state index in [1.807, 2.05) is 0 Å². The number of hydrogen-bond acceptors (Lipinski definition) is 7. The molecule has 0 saturated carbocycles. The van der Waals surface area contributed by atoms with Gasteiger partial charge in [-0.25, -0.2) is 18.7 Å². The number of benzene rings is 1. The van der Waals surface area contributed by atoms with Crippen LogP contribution in [0, 0.1) is 5.82 Å². The van der Waals surface area contributed by atoms with Crippen LogP contribution in [0.4, 0.5) is 23.2 Å². The largest absolute Gasteiger partial charge is 0.493 e. The topological polar surface area (TPSA) is 108 Å². The number of carbonyl (C=O) groups is 1. The summed E-state index contributed by atoms with van der Waals surface area (Å²) < 4.78 is 60.7. The van der Waals surface area contributed by atoms with E-state index in [4.69, 9.17) is 16.3 Å². The molecule has 9 nitrogen and oxygen atoms in total. The number of alkyl halides is 3. The van der Waals surface area contributed by atoms with E-state index in [2.05, 4.69) is 11.6 Å². The molecule has 1 N–H and O–H groups in total. The number of hydrogen-bond donors (Lipinski definition) is 1. The first-order chi connectivity index (χ1) is 17.2. The molecule has 0 amide bonds. The van der Waals surface area contributed by atoms with E-state index < -0.39 is 47.1 Å². The summed E-state index contributed by atoms with van der Waals surface area (Å²) in [5.41, 5.74) is -4.88. The lowest BCUT2D eigenvalue weighted by molar-refractivity contribution is -0.144. The fourth-order valence-electron chi connectivity index (χ4n) is 3.25. The number of allylic oxidation sites excluding steroid dienone is 1. The number of halogens is 5. The highest BCUT2D eigenvalue weighted by molar-refractivity contribution is 7.10. The number of nitrogens with zero attached hydrogens (tertiary/aromatic N) is 4. The Hall–Kier alpha value is -3.65. The Morgan fingerprint density at radius 1 is 1.27 bits per heavy atom. The molecule has 1 aromatic carbocycles. The van der Waals surface area contributed by atoms with Gasteiger partial charge in [-0.3, -0.25) is 18.7 Å². The molecule has 0 atom stereocenters. The number of aromatic nitrogens is 3. The minimum absolute atomic E-state index is 0.00400. The van der Waals surface area contributed by atoms with Crippen LogP contribution in [0.15, 0.2) is 39.4 Å². The SMILES string of the molecule is C=C(C)c1sc(=Nc2cc(-n3c(=O)cc(C(F)(F)F)n(C)c3=O)c(F)cc2Cl)n(CC(=O)OCC)c1O. The van der Waals surface area contributed by atoms with Gasteiger partial charge in [0.25, 0.3) is 5.56 Å². The molecule has 0 unspecified atom stereocenters. The maximum atomic E-state index is 14.8. The van der Waals surface area contributed by atoms with E-state index in [0.29, 0.717) is 5.57 Å². The van der Waals surface area contributed by atoms with Crippen LogP contribution in [0.3, 0.4) is 0 Å². The number of aromatic hydroxyl groups is 1. The van der Waals surface area contributed by atoms with E-state index in [0.717, 1.165) is 35.1 Å². The van der Waals surface area contributed by atoms with E-state index in [-0.39, 0.29) is 48.1 Å². The van der Waals surface area contributed by atoms with Crippen molar-refractivity contribution >= 4 is 40.2 Å². The summed E-state index contributed by atoms with van der Waals surface area (Å²) in [6, 6.07) is 1.78. The molecule has 3 aromatic rings. The van der Waals surface area contributed by atoms with Crippen LogP contribution in [0.25, 0.3) is 11.3 Å². The standard InChI is InChI=1S/C22H19ClF4N4O5S/c1-5-36-17(33)9-30-19(34)18(10(2)3)37-20(30)28-13-7-14(12(24)6-11(13)23)31-16(32)8-15(22(25,26)27)29(4)21(31)35/h6-8,34H,2,5,9H2,1,3-4H3. The smallest absolute Gasteiger partial charge is 0.431 e. The minimum Gasteiger partial charge on any atom is -0.493 e. The molecule has 0 aliphatic carbocycles. The molecule has 15 heteroatoms. The van der Waals surface area contributed by atoms with Crippen molar-refractivity contribution in [3.8, 4) is 11.6 Å². The summed E-state index contributed by atoms with van der Waals surface area (Å²) in [4.78, 5) is 41.7. The van der Waals surface area contributed by atoms with Crippen molar-refractivity contribution in [2.24, 2.45) is 12.0 Å². The number of ether oxygens (including phenoxy) is 1. The van der Waals surface area contributed by atoms with Gasteiger partial charge in [-0.1, -0.05) is 29.5 Å². The van der Waals surface area contributed by atoms with Crippen molar-refractivity contribution in [2.45, 2.75) is 26.6 Å². The van der Waals surface area contributed by atoms with Crippen LogP contribution in [0.5, 0.6) is 5.88 Å². The zero-order chi connectivity index (χ0) is 27.8. The van der Waals surface area contributed by atoms with E-state index in [1.54, 1.807) is 13.8 Å². The molecule has 3 rings (SSSR count). The molecule has 2 aromatic heterocycles. The zero-order valence-electron chi connectivity index (χ0n) is 19.5. The fraction of sp³-hybridized carbons (Fsp3) is 0.273. The van der Waals surface area contributed by atoms with Gasteiger partial charge < -0.3 is 9.84 Å². The van der Waals surface area contributed by atoms with Crippen LogP contribution in [-0.4, -0.2) is 31.4 Å². The van der Waals surface area contributed by atoms with E-state index in [9.17, 15) is 37.1 Å². The van der Waals surface area contributed by atoms with Gasteiger partial charge in [-0.2, -0.15) is 13.2 Å². The highest BCUT2D eigenvalue weighted by Gasteiger charge is 2.35. The average molecular weight is 563 g/mol. The second-order valence-electron chi connectivity index (χ2n) is 7.62. The van der Waals surface area contributed by atoms with Crippen LogP contribution in [0.2, 0.25) is 5.02 Å². The average Bonchev–Trinajstić information content (AvgIpc) is 3.08. The van der Waals surface area contributed by atoms with Gasteiger partial charge in [0, 0.05) is 13.1 Å². The summed E-state index contributed by atoms with van der Waals surface area (Å²) >= 11 is 7.03. The van der Waals surface area contributed by atoms with Gasteiger partial charge in [-0.05, 0) is 31.6 Å². The summed E-state index contributed by atoms with van der Waals surface area (Å²) in [5, 5.41) is 10.3. The quantitative estimate of drug-likeness (QED) is 0.364. The lowest BCUT2D eigenvalue weighted by atomic mass is 10.2. The van der Waals surface area contributed by atoms with Crippen molar-refractivity contribution in [1.82, 2.24) is 13.7 Å². The maximum absolute atomic E-state index is 14.8. The zero-order valence-corrected chi connectivity index (χ0v) is 21.1. The predicted octanol–water partition coefficient (Wildman–Crippen LogP) is 3.74. The molecule has 0 aliphatic heterocycles. The van der Waals surface area contributed by atoms with Gasteiger partial charge in [0.05, 0.1) is 27.9 Å². The highest BCUT2D eigenvalue weighted by Crippen LogP contribution is 2.32. The number of carbonyl (C=O) groups excluding carboxylic acids is 1. The molecule has 2 heterocycles. The monoisotopic (exact) mass is 562 g/mol. The molecule has 0 bridgehead atoms. The summed E-state index contributed by atoms with van der Waals surface area (Å²) in [5.74, 6) is -2.23. The van der Waals surface area contributed by atoms with Crippen LogP contribution < -0.4 is 16.1 Å². The molecule has 198 valence electrons. The lowest BCUT2D eigenvalue weighted by Gasteiger charge is -2.14. The van der Waals surface area contributed by atoms with Crippen molar-refractivity contribution in [3.05, 3.63) is 71.8 Å². The van der Waals surface area contributed by atoms with Gasteiger partial charge in [0.2, 0.25) is 5.88 Å². The van der Waals surface area contributed by atoms with Crippen molar-refractivity contribution in [2.75, 3.05) is 6.61 Å². The summed E-state index contributed by atoms with van der Waals surface area (Å²) in [6.45, 7) is 6.56. The Labute approximate surface area is 214 Å². The van der Waals surface area contributed by atoms with E-state index >= 15 is 0 Å². The van der Waals surface area contributed by atoms with Gasteiger partial charge >= 0.3 is 17.8 Å². The van der Waals surface area contributed by atoms with E-state index in [1.165, 1.54) is 0 Å². The van der Waals surface area contributed by atoms with Crippen molar-refractivity contribution in [3.63, 3.8) is 0 Å². The Balaban J connectivity index is 2.29. The molecule has 0 saturated heterocycles. The highest BCUT2D eigenvalue weighted by atomic mass is 35.5. The van der Waals surface area contributed by atoms with Crippen LogP contribution in [-0.2, 0) is 29.3 Å². The maximum Gasteiger partial charge on any atom is 0.431 e. The Bertz CT molecular complexity index is 1600. The molecule has 0 radical (unpaired) electrons. The lowest BCUT2D eigenvalue weighted by Crippen LogP contribution is -2.41. The molecule has 37 heavy (non-hydrogen) atoms. The Morgan fingerprint density at radius 3 is 2.49 bits per heavy atom. The third-order valence-corrected chi connectivity index (χ3v) is 6.48. The second-order valence-corrected chi connectivity index (χ2v) is 9.00.